The Morgan fingerprint density at radius 1 is 0.137 bits per heavy atom. The van der Waals surface area contributed by atoms with Crippen molar-refractivity contribution in [3.8, 4) is 66.8 Å². The second-order valence-electron chi connectivity index (χ2n) is 24.0. The molecule has 0 bridgehead atoms. The van der Waals surface area contributed by atoms with Gasteiger partial charge in [0.2, 0.25) is 0 Å². The molecular weight excluding hydrogens is 1230 g/mol. The number of hydrogen-bond donors (Lipinski definition) is 0. The second kappa shape index (κ2) is 25.5. The summed E-state index contributed by atoms with van der Waals surface area (Å²) in [6.07, 6.45) is 0. The van der Waals surface area contributed by atoms with E-state index in [1.165, 1.54) is 0 Å². The quantitative estimate of drug-likeness (QED) is 0.146. The van der Waals surface area contributed by atoms with E-state index in [1.807, 2.05) is 121 Å². The number of fused-ring (bicyclic) bond motifs is 12. The maximum absolute atomic E-state index is 9.17. The standard InChI is InChI=1S/3C34H22/c3*1-2-12-25-22-26(21-20-23(25)10-1)33-29-15-5-7-17-31(29)34(32-18-8-6-16-30(32)33)28-19-9-13-24-11-3-4-14-27(24)28/h3*1-22H/i2*3D,4D,5D,6D,7D,8D,9D,11D,13D,14D,15D,16D,17D,18D,19D;5D,6D,7D,8D,15D,16D,17D,18D. The fraction of sp³-hybridized carbons (Fsp3) is 0. The molecule has 0 aromatic heterocycles. The highest BCUT2D eigenvalue weighted by molar-refractivity contribution is 6.27. The maximum Gasteiger partial charge on any atom is 0.0629 e. The van der Waals surface area contributed by atoms with E-state index >= 15 is 0 Å². The van der Waals surface area contributed by atoms with E-state index in [9.17, 15) is 0 Å². The lowest BCUT2D eigenvalue weighted by molar-refractivity contribution is 1.68. The van der Waals surface area contributed by atoms with Crippen LogP contribution in [0.1, 0.15) is 52.1 Å². The molecule has 21 aromatic carbocycles. The lowest BCUT2D eigenvalue weighted by Gasteiger charge is -2.19. The topological polar surface area (TPSA) is 0 Å². The van der Waals surface area contributed by atoms with Crippen molar-refractivity contribution in [2.45, 2.75) is 0 Å². The molecule has 0 aliphatic rings. The number of hydrogen-bond acceptors (Lipinski definition) is 0. The first-order chi connectivity index (χ1) is 66.4. The van der Waals surface area contributed by atoms with E-state index in [0.29, 0.717) is 33.4 Å². The lowest BCUT2D eigenvalue weighted by atomic mass is 9.84. The summed E-state index contributed by atoms with van der Waals surface area (Å²) < 4.78 is 334. The molecule has 0 unspecified atom stereocenters. The molecule has 0 heterocycles. The Morgan fingerprint density at radius 2 is 0.382 bits per heavy atom. The summed E-state index contributed by atoms with van der Waals surface area (Å²) in [6, 6.07) is 29.3. The van der Waals surface area contributed by atoms with Crippen LogP contribution in [0, 0.1) is 0 Å². The highest BCUT2D eigenvalue weighted by Crippen LogP contribution is 2.50. The maximum atomic E-state index is 9.17. The van der Waals surface area contributed by atoms with Crippen molar-refractivity contribution in [1.29, 1.82) is 0 Å². The van der Waals surface area contributed by atoms with E-state index in [2.05, 4.69) is 0 Å². The van der Waals surface area contributed by atoms with Crippen molar-refractivity contribution in [2.75, 3.05) is 0 Å². The van der Waals surface area contributed by atoms with Crippen molar-refractivity contribution < 1.29 is 52.1 Å². The van der Waals surface area contributed by atoms with Gasteiger partial charge in [-0.3, -0.25) is 0 Å². The Labute approximate surface area is 645 Å². The van der Waals surface area contributed by atoms with Crippen molar-refractivity contribution in [3.05, 3.63) is 399 Å². The van der Waals surface area contributed by atoms with Gasteiger partial charge in [-0.2, -0.15) is 0 Å². The SMILES string of the molecule is [2H]c1c([2H])c([2H])c2c(-c3c4c([2H])c([2H])c([2H])c([2H])c4c(-c4ccc5ccccc5c4)c4c([2H])c([2H])c([2H])c([2H])c34)c([2H])c([2H])c([2H])c2c1[2H].[2H]c1c([2H])c([2H])c2c(-c3c4c([2H])c([2H])c([2H])c([2H])c4c(-c4ccc5ccccc5c4)c4c([2H])c([2H])c([2H])c([2H])c34)c([2H])c([2H])c([2H])c2c1[2H].[2H]c1c([2H])c([2H])c2c(-c3cccc4ccccc34)c3c([2H])c([2H])c([2H])c([2H])c3c(-c3ccc4ccccc4c3)c2c1[2H]. The monoisotopic (exact) mass is 1330 g/mol. The van der Waals surface area contributed by atoms with Gasteiger partial charge in [-0.15, -0.1) is 0 Å². The van der Waals surface area contributed by atoms with Crippen LogP contribution in [0.3, 0.4) is 0 Å². The minimum atomic E-state index is -0.742. The van der Waals surface area contributed by atoms with Gasteiger partial charge in [0.25, 0.3) is 0 Å². The molecule has 0 nitrogen and oxygen atoms in total. The summed E-state index contributed by atoms with van der Waals surface area (Å²) >= 11 is 0. The van der Waals surface area contributed by atoms with Crippen LogP contribution in [-0.4, -0.2) is 0 Å². The van der Waals surface area contributed by atoms with Crippen LogP contribution in [-0.2, 0) is 0 Å². The summed E-state index contributed by atoms with van der Waals surface area (Å²) in [4.78, 5) is 0. The van der Waals surface area contributed by atoms with Crippen LogP contribution < -0.4 is 0 Å². The summed E-state index contributed by atoms with van der Waals surface area (Å²) in [7, 11) is 0. The summed E-state index contributed by atoms with van der Waals surface area (Å²) in [5, 5.41) is 4.34. The zero-order valence-corrected chi connectivity index (χ0v) is 53.2. The minimum Gasteiger partial charge on any atom is -0.0616 e. The zero-order valence-electron chi connectivity index (χ0n) is 91.2. The minimum absolute atomic E-state index is 0.0689. The third kappa shape index (κ3) is 10.4. The predicted molar refractivity (Wildman–Crippen MR) is 442 cm³/mol. The largest absolute Gasteiger partial charge is 0.0629 e. The summed E-state index contributed by atoms with van der Waals surface area (Å²) in [5.41, 5.74) is 1.33. The van der Waals surface area contributed by atoms with Crippen molar-refractivity contribution in [2.24, 2.45) is 0 Å². The molecule has 21 rings (SSSR count). The van der Waals surface area contributed by atoms with E-state index in [4.69, 9.17) is 52.1 Å². The van der Waals surface area contributed by atoms with Gasteiger partial charge in [0.1, 0.15) is 0 Å². The third-order valence-corrected chi connectivity index (χ3v) is 18.4. The molecule has 0 N–H and O–H groups in total. The van der Waals surface area contributed by atoms with Crippen molar-refractivity contribution >= 4 is 129 Å². The zero-order chi connectivity index (χ0) is 101. The Bertz CT molecular complexity index is 8660. The van der Waals surface area contributed by atoms with Gasteiger partial charge in [-0.05, 0) is 214 Å². The molecule has 0 saturated carbocycles. The summed E-state index contributed by atoms with van der Waals surface area (Å²) in [6.45, 7) is 0. The van der Waals surface area contributed by atoms with Gasteiger partial charge in [0.15, 0.2) is 0 Å². The highest BCUT2D eigenvalue weighted by atomic mass is 14.3. The van der Waals surface area contributed by atoms with Gasteiger partial charge in [0.05, 0.1) is 52.1 Å². The highest BCUT2D eigenvalue weighted by Gasteiger charge is 2.22. The molecule has 474 valence electrons. The van der Waals surface area contributed by atoms with Crippen LogP contribution in [0.4, 0.5) is 0 Å². The number of benzene rings is 21. The van der Waals surface area contributed by atoms with Crippen LogP contribution in [0.5, 0.6) is 0 Å². The van der Waals surface area contributed by atoms with E-state index in [1.54, 1.807) is 48.5 Å². The predicted octanol–water partition coefficient (Wildman–Crippen LogP) is 28.9. The van der Waals surface area contributed by atoms with E-state index < -0.39 is 238 Å². The molecule has 21 aromatic rings. The van der Waals surface area contributed by atoms with Crippen LogP contribution in [0.15, 0.2) is 399 Å². The second-order valence-corrected chi connectivity index (χ2v) is 24.0. The molecular formula is C102H66. The van der Waals surface area contributed by atoms with Crippen molar-refractivity contribution in [3.63, 3.8) is 0 Å². The molecule has 102 heavy (non-hydrogen) atoms. The van der Waals surface area contributed by atoms with Crippen LogP contribution in [0.25, 0.3) is 196 Å². The summed E-state index contributed by atoms with van der Waals surface area (Å²) in [5.74, 6) is 0. The molecule has 0 atom stereocenters. The van der Waals surface area contributed by atoms with Gasteiger partial charge >= 0.3 is 0 Å². The first-order valence-corrected chi connectivity index (χ1v) is 32.3. The fourth-order valence-corrected chi connectivity index (χ4v) is 14.0. The molecule has 0 amide bonds. The fourth-order valence-electron chi connectivity index (χ4n) is 14.0. The smallest absolute Gasteiger partial charge is 0.0616 e. The Kier molecular flexibility index (Phi) is 8.17. The average molecular weight is 1330 g/mol. The first-order valence-electron chi connectivity index (χ1n) is 51.3. The Morgan fingerprint density at radius 3 is 0.716 bits per heavy atom. The van der Waals surface area contributed by atoms with Crippen molar-refractivity contribution in [1.82, 2.24) is 0 Å². The molecule has 0 saturated heterocycles. The van der Waals surface area contributed by atoms with E-state index in [0.717, 1.165) is 43.1 Å². The normalized spacial score (nSPS) is 16.7. The van der Waals surface area contributed by atoms with Gasteiger partial charge in [-0.1, -0.05) is 381 Å². The number of rotatable bonds is 6. The molecule has 0 aliphatic heterocycles. The lowest BCUT2D eigenvalue weighted by Crippen LogP contribution is -1.91. The molecule has 0 radical (unpaired) electrons. The molecule has 0 spiro atoms. The third-order valence-electron chi connectivity index (χ3n) is 18.4. The Hall–Kier alpha value is -13.3. The van der Waals surface area contributed by atoms with Gasteiger partial charge in [-0.25, -0.2) is 0 Å². The molecule has 0 heteroatoms. The van der Waals surface area contributed by atoms with Crippen LogP contribution >= 0.6 is 0 Å². The van der Waals surface area contributed by atoms with Crippen LogP contribution in [0.2, 0.25) is 0 Å². The average Bonchev–Trinajstić information content (AvgIpc) is 0.703. The Balaban J connectivity index is 0.000000134. The molecule has 0 aliphatic carbocycles. The van der Waals surface area contributed by atoms with E-state index in [-0.39, 0.29) is 111 Å². The molecule has 0 fully saturated rings. The first kappa shape index (κ1) is 32.6. The van der Waals surface area contributed by atoms with Gasteiger partial charge in [0, 0.05) is 0 Å². The van der Waals surface area contributed by atoms with Gasteiger partial charge < -0.3 is 0 Å².